The standard InChI is InChI=1S/C12H21N3O4S2/c1-4-8-15(5-2)21(18,19)12-9-10(20(3,16)17)6-7-11(12)14-13/h6-7,9,14H,4-5,8,13H2,1-3H3. The van der Waals surface area contributed by atoms with Gasteiger partial charge in [0.05, 0.1) is 10.6 Å². The summed E-state index contributed by atoms with van der Waals surface area (Å²) in [5, 5.41) is 0. The number of benzene rings is 1. The topological polar surface area (TPSA) is 110 Å². The van der Waals surface area contributed by atoms with Crippen molar-refractivity contribution in [1.82, 2.24) is 4.31 Å². The van der Waals surface area contributed by atoms with E-state index < -0.39 is 19.9 Å². The van der Waals surface area contributed by atoms with Gasteiger partial charge in [-0.3, -0.25) is 5.84 Å². The van der Waals surface area contributed by atoms with Crippen molar-refractivity contribution in [3.63, 3.8) is 0 Å². The quantitative estimate of drug-likeness (QED) is 0.563. The van der Waals surface area contributed by atoms with Crippen LogP contribution in [0, 0.1) is 0 Å². The van der Waals surface area contributed by atoms with E-state index in [-0.39, 0.29) is 15.5 Å². The maximum absolute atomic E-state index is 12.6. The molecule has 0 atom stereocenters. The lowest BCUT2D eigenvalue weighted by Gasteiger charge is -2.21. The van der Waals surface area contributed by atoms with Crippen LogP contribution in [0.15, 0.2) is 28.0 Å². The Morgan fingerprint density at radius 2 is 1.81 bits per heavy atom. The predicted octanol–water partition coefficient (Wildman–Crippen LogP) is 0.796. The average molecular weight is 335 g/mol. The second kappa shape index (κ2) is 6.73. The van der Waals surface area contributed by atoms with Crippen LogP contribution in [-0.4, -0.2) is 40.5 Å². The van der Waals surface area contributed by atoms with Gasteiger partial charge in [-0.05, 0) is 24.6 Å². The van der Waals surface area contributed by atoms with Crippen LogP contribution in [-0.2, 0) is 19.9 Å². The minimum atomic E-state index is -3.81. The first-order valence-corrected chi connectivity index (χ1v) is 9.82. The third-order valence-corrected chi connectivity index (χ3v) is 6.10. The molecule has 0 aliphatic heterocycles. The number of sulfone groups is 1. The van der Waals surface area contributed by atoms with Gasteiger partial charge in [0.15, 0.2) is 9.84 Å². The van der Waals surface area contributed by atoms with Crippen LogP contribution in [0.3, 0.4) is 0 Å². The van der Waals surface area contributed by atoms with Gasteiger partial charge in [-0.15, -0.1) is 0 Å². The van der Waals surface area contributed by atoms with Crippen LogP contribution >= 0.6 is 0 Å². The molecule has 0 aromatic heterocycles. The number of hydrazine groups is 1. The van der Waals surface area contributed by atoms with Crippen molar-refractivity contribution in [2.24, 2.45) is 5.84 Å². The fraction of sp³-hybridized carbons (Fsp3) is 0.500. The average Bonchev–Trinajstić information content (AvgIpc) is 2.42. The summed E-state index contributed by atoms with van der Waals surface area (Å²) in [4.78, 5) is -0.198. The van der Waals surface area contributed by atoms with Gasteiger partial charge >= 0.3 is 0 Å². The first kappa shape index (κ1) is 17.9. The van der Waals surface area contributed by atoms with Crippen LogP contribution in [0.2, 0.25) is 0 Å². The van der Waals surface area contributed by atoms with Crippen molar-refractivity contribution in [2.75, 3.05) is 24.8 Å². The Labute approximate surface area is 126 Å². The number of sulfonamides is 1. The minimum Gasteiger partial charge on any atom is -0.323 e. The molecule has 0 aliphatic carbocycles. The molecule has 1 aromatic rings. The van der Waals surface area contributed by atoms with Crippen LogP contribution in [0.5, 0.6) is 0 Å². The van der Waals surface area contributed by atoms with Crippen molar-refractivity contribution in [2.45, 2.75) is 30.1 Å². The summed E-state index contributed by atoms with van der Waals surface area (Å²) in [7, 11) is -7.32. The van der Waals surface area contributed by atoms with Crippen LogP contribution in [0.1, 0.15) is 20.3 Å². The highest BCUT2D eigenvalue weighted by atomic mass is 32.2. The summed E-state index contributed by atoms with van der Waals surface area (Å²) >= 11 is 0. The van der Waals surface area contributed by atoms with E-state index in [1.165, 1.54) is 16.4 Å². The summed E-state index contributed by atoms with van der Waals surface area (Å²) in [6, 6.07) is 3.81. The lowest BCUT2D eigenvalue weighted by molar-refractivity contribution is 0.427. The van der Waals surface area contributed by atoms with Gasteiger partial charge in [-0.1, -0.05) is 13.8 Å². The van der Waals surface area contributed by atoms with Gasteiger partial charge in [-0.2, -0.15) is 4.31 Å². The highest BCUT2D eigenvalue weighted by molar-refractivity contribution is 7.91. The molecule has 120 valence electrons. The maximum Gasteiger partial charge on any atom is 0.245 e. The number of hydrogen-bond donors (Lipinski definition) is 2. The third-order valence-electron chi connectivity index (χ3n) is 2.98. The second-order valence-corrected chi connectivity index (χ2v) is 8.49. The Morgan fingerprint density at radius 1 is 1.19 bits per heavy atom. The zero-order chi connectivity index (χ0) is 16.3. The summed E-state index contributed by atoms with van der Waals surface area (Å²) in [6.45, 7) is 4.24. The summed E-state index contributed by atoms with van der Waals surface area (Å²) in [6.07, 6.45) is 1.68. The van der Waals surface area contributed by atoms with E-state index in [9.17, 15) is 16.8 Å². The molecule has 0 heterocycles. The molecular weight excluding hydrogens is 314 g/mol. The van der Waals surface area contributed by atoms with E-state index >= 15 is 0 Å². The van der Waals surface area contributed by atoms with Crippen molar-refractivity contribution >= 4 is 25.5 Å². The Morgan fingerprint density at radius 3 is 2.24 bits per heavy atom. The Kier molecular flexibility index (Phi) is 5.74. The molecule has 0 aliphatic rings. The predicted molar refractivity (Wildman–Crippen MR) is 82.1 cm³/mol. The molecule has 1 aromatic carbocycles. The van der Waals surface area contributed by atoms with Gasteiger partial charge < -0.3 is 5.43 Å². The van der Waals surface area contributed by atoms with E-state index in [2.05, 4.69) is 5.43 Å². The number of nitrogens with two attached hydrogens (primary N) is 1. The fourth-order valence-corrected chi connectivity index (χ4v) is 4.35. The number of rotatable bonds is 7. The molecule has 0 unspecified atom stereocenters. The number of nitrogen functional groups attached to an aromatic ring is 1. The SMILES string of the molecule is CCCN(CC)S(=O)(=O)c1cc(S(C)(=O)=O)ccc1NN. The number of nitrogens with one attached hydrogen (secondary N) is 1. The first-order chi connectivity index (χ1) is 9.68. The molecule has 0 amide bonds. The largest absolute Gasteiger partial charge is 0.323 e. The Hall–Kier alpha value is -1.16. The van der Waals surface area contributed by atoms with E-state index in [1.807, 2.05) is 6.92 Å². The Bertz CT molecular complexity index is 699. The molecule has 21 heavy (non-hydrogen) atoms. The molecule has 3 N–H and O–H groups in total. The maximum atomic E-state index is 12.6. The van der Waals surface area contributed by atoms with Gasteiger partial charge in [-0.25, -0.2) is 16.8 Å². The molecule has 1 rings (SSSR count). The van der Waals surface area contributed by atoms with Crippen molar-refractivity contribution in [3.05, 3.63) is 18.2 Å². The number of anilines is 1. The fourth-order valence-electron chi connectivity index (χ4n) is 1.90. The molecule has 7 nitrogen and oxygen atoms in total. The second-order valence-electron chi connectivity index (χ2n) is 4.57. The summed E-state index contributed by atoms with van der Waals surface area (Å²) in [5.41, 5.74) is 2.46. The highest BCUT2D eigenvalue weighted by Gasteiger charge is 2.26. The van der Waals surface area contributed by atoms with E-state index in [0.717, 1.165) is 12.3 Å². The van der Waals surface area contributed by atoms with Gasteiger partial charge in [0.25, 0.3) is 0 Å². The molecule has 0 saturated heterocycles. The molecular formula is C12H21N3O4S2. The van der Waals surface area contributed by atoms with Gasteiger partial charge in [0.2, 0.25) is 10.0 Å². The molecule has 0 bridgehead atoms. The summed E-state index contributed by atoms with van der Waals surface area (Å²) < 4.78 is 49.8. The van der Waals surface area contributed by atoms with E-state index in [1.54, 1.807) is 6.92 Å². The molecule has 9 heteroatoms. The zero-order valence-corrected chi connectivity index (χ0v) is 14.0. The Balaban J connectivity index is 3.52. The van der Waals surface area contributed by atoms with E-state index in [0.29, 0.717) is 19.5 Å². The van der Waals surface area contributed by atoms with Gasteiger partial charge in [0, 0.05) is 19.3 Å². The summed E-state index contributed by atoms with van der Waals surface area (Å²) in [5.74, 6) is 5.34. The van der Waals surface area contributed by atoms with Gasteiger partial charge in [0.1, 0.15) is 4.90 Å². The zero-order valence-electron chi connectivity index (χ0n) is 12.3. The third kappa shape index (κ3) is 3.94. The van der Waals surface area contributed by atoms with Crippen molar-refractivity contribution in [3.8, 4) is 0 Å². The van der Waals surface area contributed by atoms with Crippen LogP contribution < -0.4 is 11.3 Å². The molecule has 0 saturated carbocycles. The normalized spacial score (nSPS) is 12.6. The smallest absolute Gasteiger partial charge is 0.245 e. The lowest BCUT2D eigenvalue weighted by atomic mass is 10.3. The number of nitrogens with zero attached hydrogens (tertiary/aromatic N) is 1. The van der Waals surface area contributed by atoms with Crippen LogP contribution in [0.4, 0.5) is 5.69 Å². The monoisotopic (exact) mass is 335 g/mol. The first-order valence-electron chi connectivity index (χ1n) is 6.49. The number of hydrogen-bond acceptors (Lipinski definition) is 6. The minimum absolute atomic E-state index is 0.0624. The van der Waals surface area contributed by atoms with E-state index in [4.69, 9.17) is 5.84 Å². The highest BCUT2D eigenvalue weighted by Crippen LogP contribution is 2.27. The molecule has 0 radical (unpaired) electrons. The van der Waals surface area contributed by atoms with Crippen molar-refractivity contribution < 1.29 is 16.8 Å². The van der Waals surface area contributed by atoms with Crippen LogP contribution in [0.25, 0.3) is 0 Å². The molecule has 0 spiro atoms. The lowest BCUT2D eigenvalue weighted by Crippen LogP contribution is -2.32. The molecule has 0 fully saturated rings. The van der Waals surface area contributed by atoms with Crippen molar-refractivity contribution in [1.29, 1.82) is 0 Å².